The molecule has 0 unspecified atom stereocenters. The summed E-state index contributed by atoms with van der Waals surface area (Å²) < 4.78 is 11.9. The zero-order valence-corrected chi connectivity index (χ0v) is 19.4. The van der Waals surface area contributed by atoms with Crippen molar-refractivity contribution in [1.29, 1.82) is 0 Å². The van der Waals surface area contributed by atoms with E-state index in [1.807, 2.05) is 41.2 Å². The predicted molar refractivity (Wildman–Crippen MR) is 134 cm³/mol. The Balaban J connectivity index is 1.29. The number of anilines is 2. The van der Waals surface area contributed by atoms with Crippen molar-refractivity contribution in [2.75, 3.05) is 36.5 Å². The van der Waals surface area contributed by atoms with E-state index in [1.165, 1.54) is 0 Å². The van der Waals surface area contributed by atoms with Crippen molar-refractivity contribution in [3.05, 3.63) is 86.6 Å². The Labute approximate surface area is 201 Å². The minimum Gasteiger partial charge on any atom is -0.456 e. The molecule has 0 bridgehead atoms. The Morgan fingerprint density at radius 3 is 2.85 bits per heavy atom. The van der Waals surface area contributed by atoms with E-state index in [0.29, 0.717) is 19.8 Å². The molecule has 2 N–H and O–H groups in total. The van der Waals surface area contributed by atoms with Gasteiger partial charge in [-0.2, -0.15) is 0 Å². The molecular formula is C26H24N4O3S. The van der Waals surface area contributed by atoms with E-state index in [0.717, 1.165) is 70.5 Å². The number of aromatic nitrogens is 2. The summed E-state index contributed by atoms with van der Waals surface area (Å²) in [4.78, 5) is 22.0. The number of thiazole rings is 1. The fourth-order valence-corrected chi connectivity index (χ4v) is 5.05. The molecule has 2 aliphatic rings. The normalized spacial score (nSPS) is 14.8. The zero-order valence-electron chi connectivity index (χ0n) is 18.5. The number of pyridine rings is 1. The quantitative estimate of drug-likeness (QED) is 0.388. The Morgan fingerprint density at radius 1 is 1.09 bits per heavy atom. The van der Waals surface area contributed by atoms with Crippen LogP contribution in [-0.4, -0.2) is 36.3 Å². The first-order chi connectivity index (χ1) is 16.7. The third kappa shape index (κ3) is 4.18. The molecule has 6 rings (SSSR count). The third-order valence-electron chi connectivity index (χ3n) is 6.20. The number of nitrogens with zero attached hydrogens (tertiary/aromatic N) is 2. The molecule has 2 aromatic heterocycles. The Morgan fingerprint density at radius 2 is 2.00 bits per heavy atom. The summed E-state index contributed by atoms with van der Waals surface area (Å²) in [5.74, 6) is 1.64. The number of benzene rings is 2. The maximum Gasteiger partial charge on any atom is 0.250 e. The summed E-state index contributed by atoms with van der Waals surface area (Å²) in [5.41, 5.74) is 8.57. The van der Waals surface area contributed by atoms with E-state index in [9.17, 15) is 4.79 Å². The second kappa shape index (κ2) is 8.96. The molecule has 1 saturated heterocycles. The van der Waals surface area contributed by atoms with Gasteiger partial charge in [-0.15, -0.1) is 11.3 Å². The van der Waals surface area contributed by atoms with Crippen molar-refractivity contribution in [2.24, 2.45) is 0 Å². The van der Waals surface area contributed by atoms with Gasteiger partial charge in [0.1, 0.15) is 11.5 Å². The Kier molecular flexibility index (Phi) is 5.52. The van der Waals surface area contributed by atoms with Gasteiger partial charge in [-0.1, -0.05) is 12.1 Å². The molecule has 7 nitrogen and oxygen atoms in total. The number of morpholine rings is 1. The second-order valence-electron chi connectivity index (χ2n) is 8.44. The molecule has 0 spiro atoms. The summed E-state index contributed by atoms with van der Waals surface area (Å²) in [5, 5.41) is 5.48. The van der Waals surface area contributed by atoms with Crippen LogP contribution < -0.4 is 20.5 Å². The fourth-order valence-electron chi connectivity index (χ4n) is 4.49. The van der Waals surface area contributed by atoms with Gasteiger partial charge in [-0.3, -0.25) is 4.79 Å². The van der Waals surface area contributed by atoms with Gasteiger partial charge in [0, 0.05) is 53.5 Å². The van der Waals surface area contributed by atoms with Crippen LogP contribution in [0.25, 0.3) is 11.3 Å². The monoisotopic (exact) mass is 472 g/mol. The topological polar surface area (TPSA) is 79.5 Å². The number of H-pyrrole nitrogens is 1. The van der Waals surface area contributed by atoms with Crippen LogP contribution >= 0.6 is 11.3 Å². The van der Waals surface area contributed by atoms with E-state index in [1.54, 1.807) is 17.4 Å². The summed E-state index contributed by atoms with van der Waals surface area (Å²) in [6.07, 6.45) is 0.762. The van der Waals surface area contributed by atoms with Crippen LogP contribution in [0.5, 0.6) is 11.5 Å². The molecular weight excluding hydrogens is 448 g/mol. The van der Waals surface area contributed by atoms with Crippen LogP contribution in [0.4, 0.5) is 11.4 Å². The van der Waals surface area contributed by atoms with E-state index in [4.69, 9.17) is 9.47 Å². The minimum atomic E-state index is -0.122. The fraction of sp³-hybridized carbons (Fsp3) is 0.231. The van der Waals surface area contributed by atoms with Crippen molar-refractivity contribution in [1.82, 2.24) is 9.97 Å². The van der Waals surface area contributed by atoms with Crippen molar-refractivity contribution in [3.63, 3.8) is 0 Å². The molecule has 1 fully saturated rings. The molecule has 2 aliphatic heterocycles. The Hall–Kier alpha value is -3.62. The van der Waals surface area contributed by atoms with Crippen molar-refractivity contribution >= 4 is 22.7 Å². The van der Waals surface area contributed by atoms with Crippen molar-refractivity contribution in [3.8, 4) is 22.8 Å². The summed E-state index contributed by atoms with van der Waals surface area (Å²) in [6, 6.07) is 16.0. The highest BCUT2D eigenvalue weighted by atomic mass is 32.1. The molecule has 8 heteroatoms. The SMILES string of the molecule is O=c1cc(N2CCOCC2)cc(-c2cccc3c2Oc2ccc(NCc4cscn4)cc2C3)[nH]1. The smallest absolute Gasteiger partial charge is 0.250 e. The van der Waals surface area contributed by atoms with Gasteiger partial charge >= 0.3 is 0 Å². The number of hydrogen-bond donors (Lipinski definition) is 2. The van der Waals surface area contributed by atoms with Gasteiger partial charge in [0.05, 0.1) is 36.7 Å². The maximum atomic E-state index is 12.5. The molecule has 0 saturated carbocycles. The molecule has 34 heavy (non-hydrogen) atoms. The van der Waals surface area contributed by atoms with Gasteiger partial charge in [0.25, 0.3) is 0 Å². The van der Waals surface area contributed by atoms with Crippen LogP contribution in [0.1, 0.15) is 16.8 Å². The average Bonchev–Trinajstić information content (AvgIpc) is 3.40. The van der Waals surface area contributed by atoms with Gasteiger partial charge in [-0.05, 0) is 35.9 Å². The summed E-state index contributed by atoms with van der Waals surface area (Å²) in [7, 11) is 0. The third-order valence-corrected chi connectivity index (χ3v) is 6.84. The van der Waals surface area contributed by atoms with Gasteiger partial charge < -0.3 is 24.7 Å². The first-order valence-electron chi connectivity index (χ1n) is 11.3. The molecule has 0 amide bonds. The van der Waals surface area contributed by atoms with E-state index in [-0.39, 0.29) is 5.56 Å². The lowest BCUT2D eigenvalue weighted by molar-refractivity contribution is 0.122. The Bertz CT molecular complexity index is 1380. The van der Waals surface area contributed by atoms with Crippen LogP contribution in [0.3, 0.4) is 0 Å². The van der Waals surface area contributed by atoms with Crippen molar-refractivity contribution in [2.45, 2.75) is 13.0 Å². The first kappa shape index (κ1) is 20.9. The van der Waals surface area contributed by atoms with Gasteiger partial charge in [0.15, 0.2) is 0 Å². The maximum absolute atomic E-state index is 12.5. The second-order valence-corrected chi connectivity index (χ2v) is 9.16. The summed E-state index contributed by atoms with van der Waals surface area (Å²) >= 11 is 1.60. The molecule has 2 aromatic carbocycles. The molecule has 0 aliphatic carbocycles. The standard InChI is InChI=1S/C26H24N4O3S/c31-25-13-21(30-6-8-32-9-7-30)12-23(29-25)22-3-1-2-17-10-18-11-19(4-5-24(18)33-26(17)22)27-14-20-15-34-16-28-20/h1-5,11-13,15-16,27H,6-10,14H2,(H,29,31). The van der Waals surface area contributed by atoms with Gasteiger partial charge in [-0.25, -0.2) is 4.98 Å². The van der Waals surface area contributed by atoms with Crippen LogP contribution in [0, 0.1) is 0 Å². The van der Waals surface area contributed by atoms with E-state index < -0.39 is 0 Å². The lowest BCUT2D eigenvalue weighted by Gasteiger charge is -2.29. The van der Waals surface area contributed by atoms with E-state index in [2.05, 4.69) is 32.3 Å². The number of fused-ring (bicyclic) bond motifs is 2. The predicted octanol–water partition coefficient (Wildman–Crippen LogP) is 4.64. The number of ether oxygens (including phenoxy) is 2. The van der Waals surface area contributed by atoms with E-state index >= 15 is 0 Å². The largest absolute Gasteiger partial charge is 0.456 e. The van der Waals surface area contributed by atoms with Crippen molar-refractivity contribution < 1.29 is 9.47 Å². The number of rotatable bonds is 5. The van der Waals surface area contributed by atoms with Crippen LogP contribution in [0.2, 0.25) is 0 Å². The number of hydrogen-bond acceptors (Lipinski definition) is 7. The molecule has 172 valence electrons. The highest BCUT2D eigenvalue weighted by molar-refractivity contribution is 7.07. The minimum absolute atomic E-state index is 0.122. The molecule has 4 aromatic rings. The van der Waals surface area contributed by atoms with Crippen LogP contribution in [-0.2, 0) is 17.7 Å². The number of para-hydroxylation sites is 1. The highest BCUT2D eigenvalue weighted by Crippen LogP contribution is 2.43. The summed E-state index contributed by atoms with van der Waals surface area (Å²) in [6.45, 7) is 3.58. The first-order valence-corrected chi connectivity index (χ1v) is 12.3. The highest BCUT2D eigenvalue weighted by Gasteiger charge is 2.22. The zero-order chi connectivity index (χ0) is 22.9. The van der Waals surface area contributed by atoms with Gasteiger partial charge in [0.2, 0.25) is 5.56 Å². The molecule has 0 atom stereocenters. The molecule has 4 heterocycles. The average molecular weight is 473 g/mol. The number of aromatic amines is 1. The lowest BCUT2D eigenvalue weighted by atomic mass is 9.96. The number of nitrogens with one attached hydrogen (secondary N) is 2. The lowest BCUT2D eigenvalue weighted by Crippen LogP contribution is -2.36. The molecule has 0 radical (unpaired) electrons. The van der Waals surface area contributed by atoms with Crippen LogP contribution in [0.15, 0.2) is 64.2 Å².